The van der Waals surface area contributed by atoms with Crippen LogP contribution in [0, 0.1) is 5.41 Å². The fraction of sp³-hybridized carbons (Fsp3) is 0.889. The number of amides is 1. The molecule has 0 aromatic carbocycles. The molecular weight excluding hydrogens is 431 g/mol. The Balaban J connectivity index is 0.00000312. The van der Waals surface area contributed by atoms with Gasteiger partial charge in [0, 0.05) is 26.2 Å². The first kappa shape index (κ1) is 22.3. The van der Waals surface area contributed by atoms with Crippen LogP contribution in [0.4, 0.5) is 4.79 Å². The third-order valence-corrected chi connectivity index (χ3v) is 4.78. The summed E-state index contributed by atoms with van der Waals surface area (Å²) in [6.45, 7) is 11.8. The molecular formula is C18H35IN4O2. The van der Waals surface area contributed by atoms with Crippen molar-refractivity contribution < 1.29 is 9.53 Å². The summed E-state index contributed by atoms with van der Waals surface area (Å²) < 4.78 is 5.23. The van der Waals surface area contributed by atoms with Crippen LogP contribution in [0.15, 0.2) is 4.99 Å². The lowest BCUT2D eigenvalue weighted by molar-refractivity contribution is 0.0529. The predicted octanol–water partition coefficient (Wildman–Crippen LogP) is 3.36. The van der Waals surface area contributed by atoms with Crippen molar-refractivity contribution in [2.75, 3.05) is 32.7 Å². The van der Waals surface area contributed by atoms with Crippen LogP contribution in [0.25, 0.3) is 0 Å². The maximum atomic E-state index is 11.6. The zero-order valence-electron chi connectivity index (χ0n) is 16.2. The number of alkyl carbamates (subject to hydrolysis) is 1. The van der Waals surface area contributed by atoms with E-state index < -0.39 is 5.60 Å². The van der Waals surface area contributed by atoms with Crippen molar-refractivity contribution >= 4 is 36.0 Å². The average Bonchev–Trinajstić information content (AvgIpc) is 3.11. The minimum Gasteiger partial charge on any atom is -0.444 e. The molecule has 0 radical (unpaired) electrons. The van der Waals surface area contributed by atoms with Gasteiger partial charge in [-0.3, -0.25) is 4.99 Å². The number of rotatable bonds is 4. The van der Waals surface area contributed by atoms with Crippen LogP contribution >= 0.6 is 24.0 Å². The first-order chi connectivity index (χ1) is 11.3. The molecule has 7 heteroatoms. The smallest absolute Gasteiger partial charge is 0.407 e. The average molecular weight is 466 g/mol. The number of aliphatic imine (C=N–C) groups is 1. The summed E-state index contributed by atoms with van der Waals surface area (Å²) in [5, 5.41) is 6.15. The van der Waals surface area contributed by atoms with Crippen molar-refractivity contribution in [2.45, 2.75) is 65.4 Å². The van der Waals surface area contributed by atoms with E-state index in [1.807, 2.05) is 20.8 Å². The van der Waals surface area contributed by atoms with E-state index in [2.05, 4.69) is 27.4 Å². The van der Waals surface area contributed by atoms with E-state index in [0.717, 1.165) is 25.6 Å². The molecule has 1 aliphatic carbocycles. The van der Waals surface area contributed by atoms with E-state index in [1.54, 1.807) is 0 Å². The van der Waals surface area contributed by atoms with Crippen molar-refractivity contribution in [1.82, 2.24) is 15.5 Å². The number of likely N-dealkylation sites (tertiary alicyclic amines) is 1. The van der Waals surface area contributed by atoms with E-state index in [0.29, 0.717) is 18.5 Å². The van der Waals surface area contributed by atoms with Crippen LogP contribution in [-0.4, -0.2) is 55.3 Å². The number of carbonyl (C=O) groups excluding carboxylic acids is 1. The van der Waals surface area contributed by atoms with Gasteiger partial charge in [0.2, 0.25) is 0 Å². The Morgan fingerprint density at radius 3 is 2.48 bits per heavy atom. The third kappa shape index (κ3) is 7.19. The van der Waals surface area contributed by atoms with Crippen LogP contribution in [0.3, 0.4) is 0 Å². The lowest BCUT2D eigenvalue weighted by Gasteiger charge is -2.26. The van der Waals surface area contributed by atoms with E-state index in [9.17, 15) is 4.79 Å². The van der Waals surface area contributed by atoms with Gasteiger partial charge in [-0.2, -0.15) is 0 Å². The van der Waals surface area contributed by atoms with Gasteiger partial charge in [-0.25, -0.2) is 4.79 Å². The van der Waals surface area contributed by atoms with Gasteiger partial charge in [0.05, 0.1) is 6.54 Å². The predicted molar refractivity (Wildman–Crippen MR) is 113 cm³/mol. The molecule has 1 amide bonds. The summed E-state index contributed by atoms with van der Waals surface area (Å²) in [5.74, 6) is 0.979. The zero-order chi connectivity index (χ0) is 17.6. The van der Waals surface area contributed by atoms with Crippen LogP contribution in [0.2, 0.25) is 0 Å². The number of guanidine groups is 1. The van der Waals surface area contributed by atoms with Gasteiger partial charge in [-0.1, -0.05) is 12.8 Å². The van der Waals surface area contributed by atoms with Crippen molar-refractivity contribution in [3.8, 4) is 0 Å². The highest BCUT2D eigenvalue weighted by molar-refractivity contribution is 14.0. The summed E-state index contributed by atoms with van der Waals surface area (Å²) in [4.78, 5) is 18.7. The Hall–Kier alpha value is -0.730. The summed E-state index contributed by atoms with van der Waals surface area (Å²) in [5.41, 5.74) is 0.0678. The molecule has 0 aromatic rings. The molecule has 2 N–H and O–H groups in total. The summed E-state index contributed by atoms with van der Waals surface area (Å²) in [6, 6.07) is 0. The van der Waals surface area contributed by atoms with E-state index >= 15 is 0 Å². The van der Waals surface area contributed by atoms with Gasteiger partial charge in [-0.05, 0) is 52.4 Å². The van der Waals surface area contributed by atoms with E-state index in [-0.39, 0.29) is 30.1 Å². The van der Waals surface area contributed by atoms with Gasteiger partial charge in [0.15, 0.2) is 5.96 Å². The van der Waals surface area contributed by atoms with Gasteiger partial charge in [-0.15, -0.1) is 24.0 Å². The number of nitrogens with one attached hydrogen (secondary N) is 2. The number of carbonyl (C=O) groups is 1. The van der Waals surface area contributed by atoms with Crippen LogP contribution in [0.1, 0.15) is 59.8 Å². The van der Waals surface area contributed by atoms with Crippen molar-refractivity contribution in [2.24, 2.45) is 10.4 Å². The highest BCUT2D eigenvalue weighted by atomic mass is 127. The molecule has 0 bridgehead atoms. The molecule has 1 aliphatic heterocycles. The van der Waals surface area contributed by atoms with E-state index in [1.165, 1.54) is 32.1 Å². The number of nitrogens with zero attached hydrogens (tertiary/aromatic N) is 2. The minimum absolute atomic E-state index is 0. The lowest BCUT2D eigenvalue weighted by Crippen LogP contribution is -2.41. The summed E-state index contributed by atoms with van der Waals surface area (Å²) >= 11 is 0. The van der Waals surface area contributed by atoms with Crippen molar-refractivity contribution in [3.05, 3.63) is 0 Å². The first-order valence-electron chi connectivity index (χ1n) is 9.34. The Morgan fingerprint density at radius 1 is 1.20 bits per heavy atom. The number of ether oxygens (including phenoxy) is 1. The maximum Gasteiger partial charge on any atom is 0.407 e. The Kier molecular flexibility index (Phi) is 8.77. The Morgan fingerprint density at radius 2 is 1.88 bits per heavy atom. The molecule has 2 aliphatic rings. The van der Waals surface area contributed by atoms with Crippen molar-refractivity contribution in [1.29, 1.82) is 0 Å². The third-order valence-electron chi connectivity index (χ3n) is 4.78. The second-order valence-electron chi connectivity index (χ2n) is 8.04. The Bertz CT molecular complexity index is 456. The molecule has 1 saturated heterocycles. The van der Waals surface area contributed by atoms with Gasteiger partial charge >= 0.3 is 6.09 Å². The summed E-state index contributed by atoms with van der Waals surface area (Å²) in [6.07, 6.45) is 6.39. The normalized spacial score (nSPS) is 19.7. The van der Waals surface area contributed by atoms with Crippen LogP contribution < -0.4 is 10.6 Å². The molecule has 1 spiro atoms. The molecule has 146 valence electrons. The molecule has 6 nitrogen and oxygen atoms in total. The van der Waals surface area contributed by atoms with Crippen LogP contribution in [0.5, 0.6) is 0 Å². The molecule has 25 heavy (non-hydrogen) atoms. The minimum atomic E-state index is -0.465. The lowest BCUT2D eigenvalue weighted by atomic mass is 9.86. The number of halogens is 1. The second-order valence-corrected chi connectivity index (χ2v) is 8.04. The fourth-order valence-electron chi connectivity index (χ4n) is 3.71. The molecule has 0 atom stereocenters. The summed E-state index contributed by atoms with van der Waals surface area (Å²) in [7, 11) is 0. The molecule has 2 rings (SSSR count). The molecule has 0 aromatic heterocycles. The highest BCUT2D eigenvalue weighted by Gasteiger charge is 2.41. The highest BCUT2D eigenvalue weighted by Crippen LogP contribution is 2.45. The molecule has 1 saturated carbocycles. The van der Waals surface area contributed by atoms with E-state index in [4.69, 9.17) is 4.74 Å². The van der Waals surface area contributed by atoms with Gasteiger partial charge in [0.25, 0.3) is 0 Å². The second kappa shape index (κ2) is 9.83. The molecule has 1 heterocycles. The monoisotopic (exact) mass is 466 g/mol. The van der Waals surface area contributed by atoms with Gasteiger partial charge < -0.3 is 20.3 Å². The maximum absolute atomic E-state index is 11.6. The molecule has 0 unspecified atom stereocenters. The fourth-order valence-corrected chi connectivity index (χ4v) is 3.71. The number of hydrogen-bond acceptors (Lipinski definition) is 3. The Labute approximate surface area is 169 Å². The number of hydrogen-bond donors (Lipinski definition) is 2. The topological polar surface area (TPSA) is 66.0 Å². The zero-order valence-corrected chi connectivity index (χ0v) is 18.5. The SMILES string of the molecule is CCNC(=NCCNC(=O)OC(C)(C)C)N1CCC2(CCCC2)C1.I. The standard InChI is InChI=1S/C18H34N4O2.HI/c1-5-19-15(20-11-12-21-16(23)24-17(2,3)4)22-13-10-18(14-22)8-6-7-9-18;/h5-14H2,1-4H3,(H,19,20)(H,21,23);1H. The largest absolute Gasteiger partial charge is 0.444 e. The van der Waals surface area contributed by atoms with Gasteiger partial charge in [0.1, 0.15) is 5.60 Å². The first-order valence-corrected chi connectivity index (χ1v) is 9.34. The van der Waals surface area contributed by atoms with Crippen LogP contribution in [-0.2, 0) is 4.74 Å². The quantitative estimate of drug-likeness (QED) is 0.289. The van der Waals surface area contributed by atoms with Crippen molar-refractivity contribution in [3.63, 3.8) is 0 Å². The molecule has 2 fully saturated rings.